The molecule has 0 saturated carbocycles. The summed E-state index contributed by atoms with van der Waals surface area (Å²) in [5, 5.41) is 3.53. The summed E-state index contributed by atoms with van der Waals surface area (Å²) in [5.41, 5.74) is 11.6. The topological polar surface area (TPSA) is 17.1 Å². The Morgan fingerprint density at radius 1 is 0.825 bits per heavy atom. The summed E-state index contributed by atoms with van der Waals surface area (Å²) in [4.78, 5) is 0. The molecule has 0 amide bonds. The van der Waals surface area contributed by atoms with E-state index < -0.39 is 12.6 Å². The van der Waals surface area contributed by atoms with E-state index in [2.05, 4.69) is 116 Å². The second-order valence-corrected chi connectivity index (χ2v) is 14.6. The lowest BCUT2D eigenvalue weighted by Gasteiger charge is -2.31. The number of allylic oxidation sites excluding steroid dienone is 8. The van der Waals surface area contributed by atoms with Crippen molar-refractivity contribution in [2.45, 2.75) is 25.2 Å². The van der Waals surface area contributed by atoms with Gasteiger partial charge >= 0.3 is 0 Å². The predicted molar refractivity (Wildman–Crippen MR) is 171 cm³/mol. The average Bonchev–Trinajstić information content (AvgIpc) is 3.43. The lowest BCUT2D eigenvalue weighted by Crippen LogP contribution is -2.27. The van der Waals surface area contributed by atoms with Crippen molar-refractivity contribution in [1.82, 2.24) is 0 Å². The molecule has 0 radical (unpaired) electrons. The highest BCUT2D eigenvalue weighted by molar-refractivity contribution is 7.66. The van der Waals surface area contributed by atoms with Gasteiger partial charge in [0.05, 0.1) is 5.41 Å². The van der Waals surface area contributed by atoms with Crippen LogP contribution in [0.1, 0.15) is 47.6 Å². The molecular weight excluding hydrogens is 503 g/mol. The molecular formula is C38H31OP. The number of rotatable bonds is 3. The van der Waals surface area contributed by atoms with Gasteiger partial charge in [0.2, 0.25) is 0 Å². The van der Waals surface area contributed by atoms with Gasteiger partial charge in [0.25, 0.3) is 0 Å². The van der Waals surface area contributed by atoms with Crippen molar-refractivity contribution in [2.24, 2.45) is 0 Å². The zero-order valence-electron chi connectivity index (χ0n) is 23.2. The third-order valence-electron chi connectivity index (χ3n) is 8.95. The van der Waals surface area contributed by atoms with Gasteiger partial charge in [0, 0.05) is 5.57 Å². The summed E-state index contributed by atoms with van der Waals surface area (Å²) in [6, 6.07) is 28.7. The van der Waals surface area contributed by atoms with E-state index in [0.717, 1.165) is 29.3 Å². The summed E-state index contributed by atoms with van der Waals surface area (Å²) in [7, 11) is -2.26. The molecule has 4 aromatic carbocycles. The summed E-state index contributed by atoms with van der Waals surface area (Å²) in [6.07, 6.45) is 16.8. The quantitative estimate of drug-likeness (QED) is 0.189. The van der Waals surface area contributed by atoms with Crippen LogP contribution >= 0.6 is 7.14 Å². The fourth-order valence-electron chi connectivity index (χ4n) is 7.32. The van der Waals surface area contributed by atoms with Crippen molar-refractivity contribution in [3.63, 3.8) is 0 Å². The van der Waals surface area contributed by atoms with Crippen molar-refractivity contribution in [2.75, 3.05) is 13.3 Å². The molecule has 0 heterocycles. The minimum atomic E-state index is -2.26. The molecule has 4 aromatic rings. The molecule has 0 aliphatic heterocycles. The normalized spacial score (nSPS) is 19.4. The van der Waals surface area contributed by atoms with Gasteiger partial charge in [-0.3, -0.25) is 0 Å². The Labute approximate surface area is 237 Å². The number of hydrogen-bond donors (Lipinski definition) is 0. The zero-order valence-corrected chi connectivity index (χ0v) is 24.1. The van der Waals surface area contributed by atoms with Gasteiger partial charge < -0.3 is 4.57 Å². The van der Waals surface area contributed by atoms with E-state index >= 15 is 0 Å². The molecule has 0 saturated heterocycles. The van der Waals surface area contributed by atoms with Crippen molar-refractivity contribution in [3.05, 3.63) is 142 Å². The van der Waals surface area contributed by atoms with Crippen molar-refractivity contribution >= 4 is 29.1 Å². The van der Waals surface area contributed by atoms with E-state index in [1.807, 2.05) is 13.3 Å². The Balaban J connectivity index is 1.64. The van der Waals surface area contributed by atoms with Crippen LogP contribution in [0, 0.1) is 12.3 Å². The summed E-state index contributed by atoms with van der Waals surface area (Å²) in [6.45, 7) is 5.80. The summed E-state index contributed by atoms with van der Waals surface area (Å²) < 4.78 is 12.8. The van der Waals surface area contributed by atoms with Crippen molar-refractivity contribution in [1.29, 1.82) is 0 Å². The molecule has 0 fully saturated rings. The second kappa shape index (κ2) is 8.96. The van der Waals surface area contributed by atoms with E-state index in [9.17, 15) is 4.57 Å². The van der Waals surface area contributed by atoms with Gasteiger partial charge in [-0.2, -0.15) is 0 Å². The first-order valence-corrected chi connectivity index (χ1v) is 16.6. The monoisotopic (exact) mass is 534 g/mol. The maximum atomic E-state index is 12.8. The Hall–Kier alpha value is -4.11. The number of terminal acetylenes is 1. The third-order valence-corrected chi connectivity index (χ3v) is 10.7. The highest BCUT2D eigenvalue weighted by Crippen LogP contribution is 2.64. The molecule has 0 bridgehead atoms. The molecule has 40 heavy (non-hydrogen) atoms. The largest absolute Gasteiger partial charge is 0.320 e. The minimum absolute atomic E-state index is 0.569. The fourth-order valence-corrected chi connectivity index (χ4v) is 8.41. The highest BCUT2D eigenvalue weighted by Gasteiger charge is 2.53. The van der Waals surface area contributed by atoms with Crippen molar-refractivity contribution in [3.8, 4) is 23.5 Å². The zero-order chi connectivity index (χ0) is 27.6. The Kier molecular flexibility index (Phi) is 5.57. The standard InChI is InChI=1S/C38H31OP/c1-5-12-30-31-15-9-10-17-34(31)38(33(30)6-2)35-18-11-16-28(26-19-22-27(23-20-26)40(3,4)39)36(35)32-24-21-25-13-7-8-14-29(25)37(32)38/h2,5,7-19,21-22,24H,20,23H2,1,3-4H3/b12-5-. The van der Waals surface area contributed by atoms with Crippen LogP contribution in [0.15, 0.2) is 114 Å². The predicted octanol–water partition coefficient (Wildman–Crippen LogP) is 9.81. The SMILES string of the molecule is C#CC1=C(/C=C\C)c2ccccc2C12c1cccc(C3=CC=C(P(C)(C)=O)CC3)c1-c1ccc3ccccc3c12. The van der Waals surface area contributed by atoms with Gasteiger partial charge in [0.1, 0.15) is 7.14 Å². The summed E-state index contributed by atoms with van der Waals surface area (Å²) >= 11 is 0. The Bertz CT molecular complexity index is 1970. The van der Waals surface area contributed by atoms with E-state index in [1.165, 1.54) is 55.3 Å². The Morgan fingerprint density at radius 3 is 2.33 bits per heavy atom. The highest BCUT2D eigenvalue weighted by atomic mass is 31.2. The van der Waals surface area contributed by atoms with Crippen LogP contribution in [0.4, 0.5) is 0 Å². The number of benzene rings is 4. The first kappa shape index (κ1) is 24.9. The average molecular weight is 535 g/mol. The van der Waals surface area contributed by atoms with Crippen LogP contribution in [-0.4, -0.2) is 13.3 Å². The van der Waals surface area contributed by atoms with E-state index in [1.54, 1.807) is 0 Å². The lowest BCUT2D eigenvalue weighted by molar-refractivity contribution is 0.585. The van der Waals surface area contributed by atoms with E-state index in [4.69, 9.17) is 6.42 Å². The molecule has 1 spiro atoms. The van der Waals surface area contributed by atoms with Crippen LogP contribution in [-0.2, 0) is 9.98 Å². The third kappa shape index (κ3) is 3.27. The van der Waals surface area contributed by atoms with E-state index in [-0.39, 0.29) is 0 Å². The van der Waals surface area contributed by atoms with Crippen LogP contribution in [0.25, 0.3) is 33.0 Å². The number of fused-ring (bicyclic) bond motifs is 9. The molecule has 194 valence electrons. The van der Waals surface area contributed by atoms with Gasteiger partial charge in [-0.25, -0.2) is 0 Å². The van der Waals surface area contributed by atoms with Crippen LogP contribution in [0.2, 0.25) is 0 Å². The van der Waals surface area contributed by atoms with Crippen LogP contribution < -0.4 is 0 Å². The van der Waals surface area contributed by atoms with Gasteiger partial charge in [-0.05, 0) is 99.3 Å². The van der Waals surface area contributed by atoms with E-state index in [0.29, 0.717) is 0 Å². The molecule has 3 aliphatic rings. The maximum absolute atomic E-state index is 12.8. The van der Waals surface area contributed by atoms with Gasteiger partial charge in [-0.1, -0.05) is 109 Å². The molecule has 1 atom stereocenters. The fraction of sp³-hybridized carbons (Fsp3) is 0.158. The van der Waals surface area contributed by atoms with Crippen LogP contribution in [0.3, 0.4) is 0 Å². The van der Waals surface area contributed by atoms with Gasteiger partial charge in [-0.15, -0.1) is 6.42 Å². The minimum Gasteiger partial charge on any atom is -0.320 e. The maximum Gasteiger partial charge on any atom is 0.105 e. The molecule has 1 nitrogen and oxygen atoms in total. The molecule has 1 unspecified atom stereocenters. The summed E-state index contributed by atoms with van der Waals surface area (Å²) in [5.74, 6) is 3.22. The molecule has 2 heteroatoms. The molecule has 0 N–H and O–H groups in total. The van der Waals surface area contributed by atoms with Crippen molar-refractivity contribution < 1.29 is 4.57 Å². The lowest BCUT2D eigenvalue weighted by atomic mass is 9.68. The molecule has 3 aliphatic carbocycles. The van der Waals surface area contributed by atoms with Gasteiger partial charge in [0.15, 0.2) is 0 Å². The first-order valence-electron chi connectivity index (χ1n) is 14.0. The van der Waals surface area contributed by atoms with Crippen LogP contribution in [0.5, 0.6) is 0 Å². The molecule has 7 rings (SSSR count). The Morgan fingerprint density at radius 2 is 1.57 bits per heavy atom. The number of hydrogen-bond acceptors (Lipinski definition) is 1. The second-order valence-electron chi connectivity index (χ2n) is 11.4. The smallest absolute Gasteiger partial charge is 0.105 e. The molecule has 0 aromatic heterocycles. The first-order chi connectivity index (χ1) is 19.4.